The van der Waals surface area contributed by atoms with Crippen molar-refractivity contribution in [3.8, 4) is 0 Å². The minimum absolute atomic E-state index is 0.500. The summed E-state index contributed by atoms with van der Waals surface area (Å²) in [6.07, 6.45) is 1.77. The number of tetrazole rings is 1. The van der Waals surface area contributed by atoms with Crippen molar-refractivity contribution < 1.29 is 0 Å². The molecule has 2 aromatic rings. The van der Waals surface area contributed by atoms with Crippen LogP contribution in [0.3, 0.4) is 0 Å². The molecular formula is C8H13N7. The molecule has 0 fully saturated rings. The smallest absolute Gasteiger partial charge is 0.196 e. The summed E-state index contributed by atoms with van der Waals surface area (Å²) in [5, 5.41) is 16.0. The molecule has 0 amide bonds. The molecule has 0 aliphatic heterocycles. The van der Waals surface area contributed by atoms with E-state index >= 15 is 0 Å². The highest BCUT2D eigenvalue weighted by Gasteiger charge is 2.07. The molecule has 0 aliphatic rings. The van der Waals surface area contributed by atoms with Gasteiger partial charge >= 0.3 is 0 Å². The topological polar surface area (TPSA) is 87.4 Å². The van der Waals surface area contributed by atoms with Crippen LogP contribution in [0.15, 0.2) is 6.20 Å². The standard InChI is InChI=1S/C8H13N7/c1-6-7(3-9)4-10-15(6)5-8-11-13-14(2)12-8/h4H,3,5,9H2,1-2H3. The van der Waals surface area contributed by atoms with E-state index in [1.54, 1.807) is 13.2 Å². The Kier molecular flexibility index (Phi) is 2.46. The van der Waals surface area contributed by atoms with Crippen LogP contribution in [0.25, 0.3) is 0 Å². The fourth-order valence-corrected chi connectivity index (χ4v) is 1.37. The van der Waals surface area contributed by atoms with Gasteiger partial charge in [0, 0.05) is 17.8 Å². The summed E-state index contributed by atoms with van der Waals surface area (Å²) in [6.45, 7) is 3.00. The summed E-state index contributed by atoms with van der Waals surface area (Å²) >= 11 is 0. The first-order valence-electron chi connectivity index (χ1n) is 4.65. The van der Waals surface area contributed by atoms with Crippen LogP contribution in [0.2, 0.25) is 0 Å². The molecule has 0 aromatic carbocycles. The number of hydrogen-bond donors (Lipinski definition) is 1. The van der Waals surface area contributed by atoms with Crippen LogP contribution in [0.1, 0.15) is 17.1 Å². The predicted molar refractivity (Wildman–Crippen MR) is 52.8 cm³/mol. The van der Waals surface area contributed by atoms with Gasteiger partial charge in [0.1, 0.15) is 6.54 Å². The van der Waals surface area contributed by atoms with Gasteiger partial charge in [0.2, 0.25) is 0 Å². The molecule has 0 unspecified atom stereocenters. The fourth-order valence-electron chi connectivity index (χ4n) is 1.37. The van der Waals surface area contributed by atoms with Crippen molar-refractivity contribution >= 4 is 0 Å². The first kappa shape index (κ1) is 9.78. The Bertz CT molecular complexity index is 455. The van der Waals surface area contributed by atoms with Crippen molar-refractivity contribution in [1.29, 1.82) is 0 Å². The lowest BCUT2D eigenvalue weighted by molar-refractivity contribution is 0.611. The molecule has 2 heterocycles. The zero-order chi connectivity index (χ0) is 10.8. The molecule has 0 atom stereocenters. The highest BCUT2D eigenvalue weighted by Crippen LogP contribution is 2.06. The number of nitrogens with two attached hydrogens (primary N) is 1. The van der Waals surface area contributed by atoms with Crippen molar-refractivity contribution in [3.63, 3.8) is 0 Å². The van der Waals surface area contributed by atoms with E-state index in [9.17, 15) is 0 Å². The molecule has 2 aromatic heterocycles. The van der Waals surface area contributed by atoms with Crippen LogP contribution in [0.5, 0.6) is 0 Å². The maximum absolute atomic E-state index is 5.56. The third-order valence-electron chi connectivity index (χ3n) is 2.27. The summed E-state index contributed by atoms with van der Waals surface area (Å²) in [5.74, 6) is 0.646. The van der Waals surface area contributed by atoms with Crippen molar-refractivity contribution in [1.82, 2.24) is 30.0 Å². The number of nitrogens with zero attached hydrogens (tertiary/aromatic N) is 6. The van der Waals surface area contributed by atoms with E-state index in [2.05, 4.69) is 20.5 Å². The average molecular weight is 207 g/mol. The number of rotatable bonds is 3. The summed E-state index contributed by atoms with van der Waals surface area (Å²) in [6, 6.07) is 0. The number of aromatic nitrogens is 6. The van der Waals surface area contributed by atoms with Gasteiger partial charge in [-0.3, -0.25) is 4.68 Å². The molecule has 0 spiro atoms. The van der Waals surface area contributed by atoms with Crippen LogP contribution in [0, 0.1) is 6.92 Å². The second-order valence-electron chi connectivity index (χ2n) is 3.31. The van der Waals surface area contributed by atoms with Crippen LogP contribution >= 0.6 is 0 Å². The van der Waals surface area contributed by atoms with Crippen LogP contribution in [0.4, 0.5) is 0 Å². The van der Waals surface area contributed by atoms with Crippen molar-refractivity contribution in [2.24, 2.45) is 12.8 Å². The molecule has 2 N–H and O–H groups in total. The van der Waals surface area contributed by atoms with Gasteiger partial charge < -0.3 is 5.73 Å². The highest BCUT2D eigenvalue weighted by atomic mass is 15.6. The SMILES string of the molecule is Cc1c(CN)cnn1Cc1nnn(C)n1. The van der Waals surface area contributed by atoms with E-state index in [1.165, 1.54) is 4.80 Å². The Morgan fingerprint density at radius 2 is 2.27 bits per heavy atom. The monoisotopic (exact) mass is 207 g/mol. The molecule has 0 bridgehead atoms. The third kappa shape index (κ3) is 1.86. The first-order valence-corrected chi connectivity index (χ1v) is 4.65. The quantitative estimate of drug-likeness (QED) is 0.713. The molecule has 7 nitrogen and oxygen atoms in total. The van der Waals surface area contributed by atoms with Gasteiger partial charge in [0.25, 0.3) is 0 Å². The maximum atomic E-state index is 5.56. The normalized spacial score (nSPS) is 10.9. The van der Waals surface area contributed by atoms with E-state index in [4.69, 9.17) is 5.73 Å². The zero-order valence-corrected chi connectivity index (χ0v) is 8.75. The Balaban J connectivity index is 2.21. The fraction of sp³-hybridized carbons (Fsp3) is 0.500. The lowest BCUT2D eigenvalue weighted by Crippen LogP contribution is -2.07. The lowest BCUT2D eigenvalue weighted by Gasteiger charge is -2.00. The van der Waals surface area contributed by atoms with Gasteiger partial charge in [0.15, 0.2) is 5.82 Å². The molecule has 7 heteroatoms. The Hall–Kier alpha value is -1.76. The Morgan fingerprint density at radius 1 is 1.47 bits per heavy atom. The molecular weight excluding hydrogens is 194 g/mol. The van der Waals surface area contributed by atoms with Crippen molar-refractivity contribution in [3.05, 3.63) is 23.3 Å². The van der Waals surface area contributed by atoms with Crippen LogP contribution in [-0.2, 0) is 20.1 Å². The second-order valence-corrected chi connectivity index (χ2v) is 3.31. The van der Waals surface area contributed by atoms with Gasteiger partial charge in [-0.15, -0.1) is 10.2 Å². The number of hydrogen-bond acceptors (Lipinski definition) is 5. The van der Waals surface area contributed by atoms with Crippen LogP contribution < -0.4 is 5.73 Å². The van der Waals surface area contributed by atoms with E-state index in [-0.39, 0.29) is 0 Å². The molecule has 80 valence electrons. The molecule has 2 rings (SSSR count). The van der Waals surface area contributed by atoms with E-state index in [0.29, 0.717) is 18.9 Å². The van der Waals surface area contributed by atoms with E-state index in [1.807, 2.05) is 11.6 Å². The molecule has 0 saturated carbocycles. The van der Waals surface area contributed by atoms with Crippen LogP contribution in [-0.4, -0.2) is 30.0 Å². The first-order chi connectivity index (χ1) is 7.20. The predicted octanol–water partition coefficient (Wildman–Crippen LogP) is -0.778. The molecule has 0 aliphatic carbocycles. The van der Waals surface area contributed by atoms with Gasteiger partial charge in [-0.25, -0.2) is 0 Å². The summed E-state index contributed by atoms with van der Waals surface area (Å²) in [5.41, 5.74) is 7.65. The molecule has 0 saturated heterocycles. The summed E-state index contributed by atoms with van der Waals surface area (Å²) in [4.78, 5) is 1.43. The van der Waals surface area contributed by atoms with Gasteiger partial charge in [-0.1, -0.05) is 0 Å². The minimum Gasteiger partial charge on any atom is -0.326 e. The Labute approximate surface area is 86.9 Å². The zero-order valence-electron chi connectivity index (χ0n) is 8.75. The van der Waals surface area contributed by atoms with Gasteiger partial charge in [-0.2, -0.15) is 9.90 Å². The van der Waals surface area contributed by atoms with Crippen molar-refractivity contribution in [2.45, 2.75) is 20.0 Å². The van der Waals surface area contributed by atoms with E-state index in [0.717, 1.165) is 11.3 Å². The van der Waals surface area contributed by atoms with Crippen molar-refractivity contribution in [2.75, 3.05) is 0 Å². The van der Waals surface area contributed by atoms with E-state index < -0.39 is 0 Å². The molecule has 0 radical (unpaired) electrons. The average Bonchev–Trinajstić information content (AvgIpc) is 2.76. The third-order valence-corrected chi connectivity index (χ3v) is 2.27. The Morgan fingerprint density at radius 3 is 2.80 bits per heavy atom. The highest BCUT2D eigenvalue weighted by molar-refractivity contribution is 5.15. The van der Waals surface area contributed by atoms with Gasteiger partial charge in [-0.05, 0) is 12.1 Å². The van der Waals surface area contributed by atoms with Gasteiger partial charge in [0.05, 0.1) is 13.2 Å². The maximum Gasteiger partial charge on any atom is 0.196 e. The summed E-state index contributed by atoms with van der Waals surface area (Å²) < 4.78 is 1.82. The minimum atomic E-state index is 0.500. The summed E-state index contributed by atoms with van der Waals surface area (Å²) in [7, 11) is 1.73. The molecule has 15 heavy (non-hydrogen) atoms. The number of aryl methyl sites for hydroxylation is 1. The second kappa shape index (κ2) is 3.77. The lowest BCUT2D eigenvalue weighted by atomic mass is 10.3. The largest absolute Gasteiger partial charge is 0.326 e.